The molecule has 0 aliphatic heterocycles. The summed E-state index contributed by atoms with van der Waals surface area (Å²) in [6.45, 7) is 5.61. The highest BCUT2D eigenvalue weighted by Gasteiger charge is 2.23. The van der Waals surface area contributed by atoms with E-state index in [-0.39, 0.29) is 5.91 Å². The summed E-state index contributed by atoms with van der Waals surface area (Å²) in [5.41, 5.74) is 2.01. The molecule has 0 fully saturated rings. The first-order chi connectivity index (χ1) is 11.9. The van der Waals surface area contributed by atoms with Crippen LogP contribution in [0.1, 0.15) is 32.2 Å². The first-order valence-corrected chi connectivity index (χ1v) is 8.21. The Kier molecular flexibility index (Phi) is 4.65. The lowest BCUT2D eigenvalue weighted by atomic mass is 9.95. The molecule has 1 amide bonds. The third kappa shape index (κ3) is 4.12. The van der Waals surface area contributed by atoms with E-state index in [2.05, 4.69) is 15.5 Å². The molecule has 3 aromatic rings. The molecule has 0 saturated carbocycles. The van der Waals surface area contributed by atoms with Crippen LogP contribution in [0.15, 0.2) is 59.1 Å². The Hall–Kier alpha value is -2.95. The molecule has 0 spiro atoms. The zero-order valence-electron chi connectivity index (χ0n) is 14.6. The summed E-state index contributed by atoms with van der Waals surface area (Å²) >= 11 is 0. The van der Waals surface area contributed by atoms with Crippen molar-refractivity contribution in [2.24, 2.45) is 5.41 Å². The molecule has 0 radical (unpaired) electrons. The van der Waals surface area contributed by atoms with E-state index in [9.17, 15) is 4.79 Å². The number of carbonyl (C=O) groups is 1. The summed E-state index contributed by atoms with van der Waals surface area (Å²) in [7, 11) is 0. The summed E-state index contributed by atoms with van der Waals surface area (Å²) in [6.07, 6.45) is 0.598. The van der Waals surface area contributed by atoms with E-state index in [4.69, 9.17) is 4.52 Å². The van der Waals surface area contributed by atoms with Crippen LogP contribution >= 0.6 is 0 Å². The van der Waals surface area contributed by atoms with Crippen molar-refractivity contribution in [2.75, 3.05) is 5.32 Å². The molecule has 3 rings (SSSR count). The van der Waals surface area contributed by atoms with Gasteiger partial charge in [-0.15, -0.1) is 0 Å². The molecule has 25 heavy (non-hydrogen) atoms. The number of rotatable bonds is 4. The molecule has 128 valence electrons. The number of para-hydroxylation sites is 1. The van der Waals surface area contributed by atoms with Gasteiger partial charge in [0.05, 0.1) is 11.3 Å². The fraction of sp³-hybridized carbons (Fsp3) is 0.250. The van der Waals surface area contributed by atoms with Gasteiger partial charge in [-0.2, -0.15) is 4.98 Å². The smallest absolute Gasteiger partial charge is 0.260 e. The lowest BCUT2D eigenvalue weighted by molar-refractivity contribution is -0.123. The number of aromatic nitrogens is 2. The number of hydrogen-bond donors (Lipinski definition) is 1. The van der Waals surface area contributed by atoms with E-state index >= 15 is 0 Å². The predicted octanol–water partition coefficient (Wildman–Crippen LogP) is 4.31. The van der Waals surface area contributed by atoms with E-state index < -0.39 is 5.41 Å². The summed E-state index contributed by atoms with van der Waals surface area (Å²) in [6, 6.07) is 17.4. The minimum Gasteiger partial charge on any atom is -0.334 e. The van der Waals surface area contributed by atoms with Gasteiger partial charge in [0.1, 0.15) is 0 Å². The Labute approximate surface area is 147 Å². The largest absolute Gasteiger partial charge is 0.334 e. The van der Waals surface area contributed by atoms with Crippen LogP contribution in [0.4, 0.5) is 5.69 Å². The minimum absolute atomic E-state index is 0.0658. The average molecular weight is 335 g/mol. The summed E-state index contributed by atoms with van der Waals surface area (Å²) < 4.78 is 5.42. The second kappa shape index (κ2) is 6.89. The summed E-state index contributed by atoms with van der Waals surface area (Å²) in [5.74, 6) is 0.942. The van der Waals surface area contributed by atoms with Gasteiger partial charge in [-0.3, -0.25) is 4.79 Å². The van der Waals surface area contributed by atoms with Gasteiger partial charge >= 0.3 is 0 Å². The predicted molar refractivity (Wildman–Crippen MR) is 97.1 cm³/mol. The Morgan fingerprint density at radius 1 is 1.04 bits per heavy atom. The molecule has 0 aliphatic carbocycles. The zero-order valence-corrected chi connectivity index (χ0v) is 14.6. The molecule has 0 aliphatic rings. The van der Waals surface area contributed by atoms with E-state index in [0.29, 0.717) is 29.4 Å². The molecular weight excluding hydrogens is 314 g/mol. The fourth-order valence-electron chi connectivity index (χ4n) is 2.30. The molecular formula is C20H21N3O2. The number of nitrogens with zero attached hydrogens (tertiary/aromatic N) is 2. The van der Waals surface area contributed by atoms with Crippen molar-refractivity contribution in [3.63, 3.8) is 0 Å². The number of anilines is 1. The van der Waals surface area contributed by atoms with Gasteiger partial charge in [0.15, 0.2) is 5.82 Å². The average Bonchev–Trinajstić information content (AvgIpc) is 3.03. The number of carbonyl (C=O) groups excluding carboxylic acids is 1. The molecule has 5 heteroatoms. The van der Waals surface area contributed by atoms with Crippen LogP contribution < -0.4 is 5.32 Å². The van der Waals surface area contributed by atoms with Crippen molar-refractivity contribution in [1.82, 2.24) is 10.1 Å². The van der Waals surface area contributed by atoms with Crippen molar-refractivity contribution < 1.29 is 9.32 Å². The molecule has 1 N–H and O–H groups in total. The maximum Gasteiger partial charge on any atom is 0.260 e. The molecule has 0 saturated heterocycles. The number of amides is 1. The van der Waals surface area contributed by atoms with Crippen LogP contribution in [0.3, 0.4) is 0 Å². The lowest BCUT2D eigenvalue weighted by Crippen LogP contribution is -2.27. The molecule has 5 nitrogen and oxygen atoms in total. The van der Waals surface area contributed by atoms with Gasteiger partial charge in [0.25, 0.3) is 5.89 Å². The van der Waals surface area contributed by atoms with E-state index in [1.54, 1.807) is 0 Å². The number of hydrogen-bond acceptors (Lipinski definition) is 4. The second-order valence-electron chi connectivity index (χ2n) is 6.93. The zero-order chi connectivity index (χ0) is 17.9. The van der Waals surface area contributed by atoms with E-state index in [1.807, 2.05) is 75.4 Å². The molecule has 0 atom stereocenters. The maximum atomic E-state index is 12.3. The van der Waals surface area contributed by atoms with Crippen LogP contribution in [0, 0.1) is 5.41 Å². The SMILES string of the molecule is CC(C)(C)C(=O)Nc1ccccc1-c1nc(Cc2ccccc2)no1. The number of benzene rings is 2. The van der Waals surface area contributed by atoms with Gasteiger partial charge < -0.3 is 9.84 Å². The summed E-state index contributed by atoms with van der Waals surface area (Å²) in [5, 5.41) is 7.00. The third-order valence-corrected chi connectivity index (χ3v) is 3.76. The molecule has 0 bridgehead atoms. The lowest BCUT2D eigenvalue weighted by Gasteiger charge is -2.18. The standard InChI is InChI=1S/C20H21N3O2/c1-20(2,3)19(24)21-16-12-8-7-11-15(16)18-22-17(23-25-18)13-14-9-5-4-6-10-14/h4-12H,13H2,1-3H3,(H,21,24). The molecule has 0 unspecified atom stereocenters. The Morgan fingerprint density at radius 2 is 1.72 bits per heavy atom. The van der Waals surface area contributed by atoms with Crippen LogP contribution in [-0.4, -0.2) is 16.0 Å². The van der Waals surface area contributed by atoms with Crippen LogP contribution in [-0.2, 0) is 11.2 Å². The van der Waals surface area contributed by atoms with Gasteiger partial charge in [-0.1, -0.05) is 68.4 Å². The van der Waals surface area contributed by atoms with E-state index in [0.717, 1.165) is 5.56 Å². The normalized spacial score (nSPS) is 11.3. The van der Waals surface area contributed by atoms with Crippen molar-refractivity contribution in [1.29, 1.82) is 0 Å². The molecule has 1 aromatic heterocycles. The third-order valence-electron chi connectivity index (χ3n) is 3.76. The van der Waals surface area contributed by atoms with Gasteiger partial charge in [0, 0.05) is 11.8 Å². The fourth-order valence-corrected chi connectivity index (χ4v) is 2.30. The van der Waals surface area contributed by atoms with Gasteiger partial charge in [0.2, 0.25) is 5.91 Å². The quantitative estimate of drug-likeness (QED) is 0.771. The van der Waals surface area contributed by atoms with Gasteiger partial charge in [-0.05, 0) is 17.7 Å². The maximum absolute atomic E-state index is 12.3. The Morgan fingerprint density at radius 3 is 2.44 bits per heavy atom. The van der Waals surface area contributed by atoms with Crippen LogP contribution in [0.25, 0.3) is 11.5 Å². The minimum atomic E-state index is -0.486. The highest BCUT2D eigenvalue weighted by Crippen LogP contribution is 2.28. The monoisotopic (exact) mass is 335 g/mol. The van der Waals surface area contributed by atoms with Crippen molar-refractivity contribution >= 4 is 11.6 Å². The summed E-state index contributed by atoms with van der Waals surface area (Å²) in [4.78, 5) is 16.8. The van der Waals surface area contributed by atoms with Crippen molar-refractivity contribution in [2.45, 2.75) is 27.2 Å². The van der Waals surface area contributed by atoms with Crippen LogP contribution in [0.2, 0.25) is 0 Å². The van der Waals surface area contributed by atoms with Crippen molar-refractivity contribution in [3.8, 4) is 11.5 Å². The topological polar surface area (TPSA) is 68.0 Å². The first-order valence-electron chi connectivity index (χ1n) is 8.21. The molecule has 1 heterocycles. The second-order valence-corrected chi connectivity index (χ2v) is 6.93. The Balaban J connectivity index is 1.84. The molecule has 2 aromatic carbocycles. The number of nitrogens with one attached hydrogen (secondary N) is 1. The first kappa shape index (κ1) is 16.9. The van der Waals surface area contributed by atoms with Gasteiger partial charge in [-0.25, -0.2) is 0 Å². The van der Waals surface area contributed by atoms with Crippen LogP contribution in [0.5, 0.6) is 0 Å². The van der Waals surface area contributed by atoms with E-state index in [1.165, 1.54) is 0 Å². The highest BCUT2D eigenvalue weighted by atomic mass is 16.5. The van der Waals surface area contributed by atoms with Crippen molar-refractivity contribution in [3.05, 3.63) is 66.0 Å². The highest BCUT2D eigenvalue weighted by molar-refractivity contribution is 5.97. The Bertz CT molecular complexity index is 864.